The number of rotatable bonds is 9. The molecule has 2 aromatic rings. The Balaban J connectivity index is 1.64. The van der Waals surface area contributed by atoms with Crippen LogP contribution in [0.5, 0.6) is 11.5 Å². The summed E-state index contributed by atoms with van der Waals surface area (Å²) in [6, 6.07) is 10.0. The summed E-state index contributed by atoms with van der Waals surface area (Å²) in [5.41, 5.74) is 0.173. The lowest BCUT2D eigenvalue weighted by molar-refractivity contribution is -0.132. The molecule has 0 bridgehead atoms. The van der Waals surface area contributed by atoms with E-state index in [1.54, 1.807) is 43.5 Å². The number of methoxy groups -OCH3 is 1. The van der Waals surface area contributed by atoms with Crippen molar-refractivity contribution in [1.82, 2.24) is 15.2 Å². The maximum atomic E-state index is 12.9. The molecule has 0 saturated carbocycles. The zero-order valence-corrected chi connectivity index (χ0v) is 17.0. The molecule has 1 aliphatic heterocycles. The van der Waals surface area contributed by atoms with Gasteiger partial charge in [0.15, 0.2) is 17.0 Å². The van der Waals surface area contributed by atoms with Crippen LogP contribution in [0.4, 0.5) is 4.79 Å². The highest BCUT2D eigenvalue weighted by atomic mass is 16.5. The van der Waals surface area contributed by atoms with Gasteiger partial charge in [0.25, 0.3) is 5.91 Å². The fourth-order valence-corrected chi connectivity index (χ4v) is 3.27. The molecule has 0 radical (unpaired) electrons. The highest BCUT2D eigenvalue weighted by Crippen LogP contribution is 2.29. The van der Waals surface area contributed by atoms with Gasteiger partial charge in [-0.1, -0.05) is 18.2 Å². The zero-order valence-electron chi connectivity index (χ0n) is 17.0. The average Bonchev–Trinajstić information content (AvgIpc) is 2.97. The Hall–Kier alpha value is -3.39. The van der Waals surface area contributed by atoms with Crippen LogP contribution in [0.25, 0.3) is 0 Å². The summed E-state index contributed by atoms with van der Waals surface area (Å²) >= 11 is 0. The summed E-state index contributed by atoms with van der Waals surface area (Å²) in [6.45, 7) is 4.98. The molecule has 1 aromatic heterocycles. The second-order valence-electron chi connectivity index (χ2n) is 7.13. The number of aliphatic hydroxyl groups excluding tert-OH is 1. The first-order chi connectivity index (χ1) is 14.4. The van der Waals surface area contributed by atoms with Gasteiger partial charge in [-0.2, -0.15) is 0 Å². The van der Waals surface area contributed by atoms with Crippen molar-refractivity contribution >= 4 is 11.9 Å². The third kappa shape index (κ3) is 4.28. The molecule has 2 heterocycles. The molecule has 1 aliphatic rings. The molecule has 1 fully saturated rings. The Morgan fingerprint density at radius 3 is 2.77 bits per heavy atom. The molecule has 8 nitrogen and oxygen atoms in total. The van der Waals surface area contributed by atoms with Crippen LogP contribution in [0.1, 0.15) is 18.2 Å². The molecule has 0 aliphatic carbocycles. The predicted molar refractivity (Wildman–Crippen MR) is 110 cm³/mol. The van der Waals surface area contributed by atoms with Gasteiger partial charge >= 0.3 is 6.03 Å². The molecule has 8 heteroatoms. The van der Waals surface area contributed by atoms with E-state index in [9.17, 15) is 14.7 Å². The number of aliphatic hydroxyl groups is 1. The minimum absolute atomic E-state index is 0.117. The summed E-state index contributed by atoms with van der Waals surface area (Å²) in [6.07, 6.45) is 2.96. The van der Waals surface area contributed by atoms with Crippen molar-refractivity contribution in [3.05, 3.63) is 66.5 Å². The summed E-state index contributed by atoms with van der Waals surface area (Å²) in [4.78, 5) is 30.4. The Labute approximate surface area is 175 Å². The van der Waals surface area contributed by atoms with Gasteiger partial charge in [0.2, 0.25) is 0 Å². The molecule has 3 rings (SSSR count). The number of aromatic nitrogens is 1. The molecule has 0 spiro atoms. The van der Waals surface area contributed by atoms with E-state index in [1.807, 2.05) is 12.1 Å². The number of nitrogens with zero attached hydrogens (tertiary/aromatic N) is 2. The Kier molecular flexibility index (Phi) is 6.37. The number of urea groups is 1. The SMILES string of the molecule is C=CCc1ccc(OCC(O)CN2C(=O)NC(C)(c3ccccn3)C2=O)c(OC)c1. The van der Waals surface area contributed by atoms with Crippen molar-refractivity contribution in [3.63, 3.8) is 0 Å². The molecular formula is C22H25N3O5. The smallest absolute Gasteiger partial charge is 0.325 e. The summed E-state index contributed by atoms with van der Waals surface area (Å²) < 4.78 is 11.0. The first-order valence-corrected chi connectivity index (χ1v) is 9.53. The van der Waals surface area contributed by atoms with E-state index >= 15 is 0 Å². The van der Waals surface area contributed by atoms with Gasteiger partial charge in [-0.05, 0) is 43.2 Å². The second kappa shape index (κ2) is 8.96. The highest BCUT2D eigenvalue weighted by molar-refractivity contribution is 6.07. The van der Waals surface area contributed by atoms with Gasteiger partial charge in [-0.3, -0.25) is 14.7 Å². The van der Waals surface area contributed by atoms with Crippen molar-refractivity contribution in [2.45, 2.75) is 25.0 Å². The van der Waals surface area contributed by atoms with Gasteiger partial charge in [0.1, 0.15) is 12.7 Å². The van der Waals surface area contributed by atoms with Crippen LogP contribution in [0.3, 0.4) is 0 Å². The van der Waals surface area contributed by atoms with Crippen molar-refractivity contribution in [2.75, 3.05) is 20.3 Å². The number of allylic oxidation sites excluding steroid dienone is 1. The maximum absolute atomic E-state index is 12.9. The fraction of sp³-hybridized carbons (Fsp3) is 0.318. The highest BCUT2D eigenvalue weighted by Gasteiger charge is 2.50. The largest absolute Gasteiger partial charge is 0.493 e. The molecule has 30 heavy (non-hydrogen) atoms. The van der Waals surface area contributed by atoms with Crippen LogP contribution < -0.4 is 14.8 Å². The molecule has 2 atom stereocenters. The van der Waals surface area contributed by atoms with Crippen molar-refractivity contribution in [2.24, 2.45) is 0 Å². The monoisotopic (exact) mass is 411 g/mol. The Bertz CT molecular complexity index is 934. The number of β-amino-alcohol motifs (C(OH)–C–C–N with tert-alkyl or cyclic N) is 1. The quantitative estimate of drug-likeness (QED) is 0.484. The minimum atomic E-state index is -1.27. The standard InChI is InChI=1S/C22H25N3O5/c1-4-7-15-9-10-17(18(12-15)29-3)30-14-16(26)13-25-20(27)22(2,24-21(25)28)19-8-5-6-11-23-19/h4-6,8-12,16,26H,1,7,13-14H2,2-3H3,(H,24,28). The number of hydrogen-bond donors (Lipinski definition) is 2. The van der Waals surface area contributed by atoms with Crippen molar-refractivity contribution < 1.29 is 24.2 Å². The Morgan fingerprint density at radius 2 is 2.10 bits per heavy atom. The van der Waals surface area contributed by atoms with Crippen LogP contribution >= 0.6 is 0 Å². The number of nitrogens with one attached hydrogen (secondary N) is 1. The van der Waals surface area contributed by atoms with E-state index < -0.39 is 23.6 Å². The van der Waals surface area contributed by atoms with Crippen LogP contribution in [-0.4, -0.2) is 53.3 Å². The third-order valence-electron chi connectivity index (χ3n) is 4.88. The van der Waals surface area contributed by atoms with E-state index in [4.69, 9.17) is 9.47 Å². The zero-order chi connectivity index (χ0) is 21.7. The van der Waals surface area contributed by atoms with Crippen molar-refractivity contribution in [3.8, 4) is 11.5 Å². The van der Waals surface area contributed by atoms with Crippen LogP contribution in [0.15, 0.2) is 55.3 Å². The predicted octanol–water partition coefficient (Wildman–Crippen LogP) is 2.03. The van der Waals surface area contributed by atoms with E-state index in [1.165, 1.54) is 7.11 Å². The summed E-state index contributed by atoms with van der Waals surface area (Å²) in [5.74, 6) is 0.510. The van der Waals surface area contributed by atoms with E-state index in [-0.39, 0.29) is 13.2 Å². The summed E-state index contributed by atoms with van der Waals surface area (Å²) in [5, 5.41) is 13.0. The second-order valence-corrected chi connectivity index (χ2v) is 7.13. The Morgan fingerprint density at radius 1 is 1.30 bits per heavy atom. The minimum Gasteiger partial charge on any atom is -0.493 e. The molecule has 1 saturated heterocycles. The van der Waals surface area contributed by atoms with Crippen LogP contribution in [-0.2, 0) is 16.8 Å². The third-order valence-corrected chi connectivity index (χ3v) is 4.88. The molecule has 3 amide bonds. The average molecular weight is 411 g/mol. The topological polar surface area (TPSA) is 101 Å². The first kappa shape index (κ1) is 21.3. The maximum Gasteiger partial charge on any atom is 0.325 e. The lowest BCUT2D eigenvalue weighted by Crippen LogP contribution is -2.43. The lowest BCUT2D eigenvalue weighted by Gasteiger charge is -2.22. The number of carbonyl (C=O) groups excluding carboxylic acids is 2. The number of pyridine rings is 1. The van der Waals surface area contributed by atoms with E-state index in [0.717, 1.165) is 10.5 Å². The van der Waals surface area contributed by atoms with Gasteiger partial charge in [-0.15, -0.1) is 6.58 Å². The molecular weight excluding hydrogens is 386 g/mol. The number of ether oxygens (including phenoxy) is 2. The fourth-order valence-electron chi connectivity index (χ4n) is 3.27. The number of amides is 3. The van der Waals surface area contributed by atoms with Crippen LogP contribution in [0, 0.1) is 0 Å². The van der Waals surface area contributed by atoms with Crippen molar-refractivity contribution in [1.29, 1.82) is 0 Å². The number of imide groups is 1. The lowest BCUT2D eigenvalue weighted by atomic mass is 9.97. The van der Waals surface area contributed by atoms with Gasteiger partial charge in [0, 0.05) is 6.20 Å². The van der Waals surface area contributed by atoms with Crippen LogP contribution in [0.2, 0.25) is 0 Å². The van der Waals surface area contributed by atoms with Gasteiger partial charge < -0.3 is 19.9 Å². The van der Waals surface area contributed by atoms with Gasteiger partial charge in [0.05, 0.1) is 19.3 Å². The molecule has 158 valence electrons. The molecule has 2 N–H and O–H groups in total. The normalized spacial score (nSPS) is 19.4. The first-order valence-electron chi connectivity index (χ1n) is 9.53. The number of hydrogen-bond acceptors (Lipinski definition) is 6. The molecule has 2 unspecified atom stereocenters. The van der Waals surface area contributed by atoms with E-state index in [2.05, 4.69) is 16.9 Å². The van der Waals surface area contributed by atoms with Gasteiger partial charge in [-0.25, -0.2) is 4.79 Å². The number of benzene rings is 1. The molecule has 1 aromatic carbocycles. The summed E-state index contributed by atoms with van der Waals surface area (Å²) in [7, 11) is 1.53. The number of carbonyl (C=O) groups is 2. The van der Waals surface area contributed by atoms with E-state index in [0.29, 0.717) is 23.6 Å².